The van der Waals surface area contributed by atoms with E-state index in [-0.39, 0.29) is 11.9 Å². The van der Waals surface area contributed by atoms with Gasteiger partial charge in [-0.15, -0.1) is 0 Å². The van der Waals surface area contributed by atoms with E-state index in [2.05, 4.69) is 12.2 Å². The lowest BCUT2D eigenvalue weighted by Gasteiger charge is -2.31. The van der Waals surface area contributed by atoms with Crippen LogP contribution in [0.1, 0.15) is 44.3 Å². The second-order valence-electron chi connectivity index (χ2n) is 4.90. The van der Waals surface area contributed by atoms with Crippen molar-refractivity contribution < 1.29 is 9.13 Å². The number of hydrogen-bond acceptors (Lipinski definition) is 2. The number of benzene rings is 1. The third-order valence-electron chi connectivity index (χ3n) is 3.42. The van der Waals surface area contributed by atoms with Crippen LogP contribution in [0.25, 0.3) is 0 Å². The molecule has 18 heavy (non-hydrogen) atoms. The number of halogens is 1. The van der Waals surface area contributed by atoms with Gasteiger partial charge in [0.05, 0.1) is 12.2 Å². The fourth-order valence-electron chi connectivity index (χ4n) is 2.12. The van der Waals surface area contributed by atoms with Gasteiger partial charge in [0.1, 0.15) is 5.82 Å². The summed E-state index contributed by atoms with van der Waals surface area (Å²) in [6.07, 6.45) is 4.68. The molecule has 2 rings (SSSR count). The highest BCUT2D eigenvalue weighted by Crippen LogP contribution is 2.29. The highest BCUT2D eigenvalue weighted by molar-refractivity contribution is 5.20. The molecule has 1 aliphatic rings. The molecular formula is C15H22FNO. The van der Waals surface area contributed by atoms with E-state index in [0.29, 0.717) is 18.2 Å². The normalized spacial score (nSPS) is 17.4. The van der Waals surface area contributed by atoms with E-state index in [9.17, 15) is 4.39 Å². The lowest BCUT2D eigenvalue weighted by atomic mass is 9.95. The average molecular weight is 251 g/mol. The predicted molar refractivity (Wildman–Crippen MR) is 71.0 cm³/mol. The van der Waals surface area contributed by atoms with E-state index in [4.69, 9.17) is 4.74 Å². The first-order chi connectivity index (χ1) is 8.81. The third-order valence-corrected chi connectivity index (χ3v) is 3.42. The second-order valence-corrected chi connectivity index (χ2v) is 4.90. The molecule has 1 aromatic carbocycles. The summed E-state index contributed by atoms with van der Waals surface area (Å²) in [5.74, 6) is -0.167. The van der Waals surface area contributed by atoms with E-state index < -0.39 is 0 Å². The number of ether oxygens (including phenoxy) is 1. The van der Waals surface area contributed by atoms with Gasteiger partial charge < -0.3 is 10.1 Å². The maximum Gasteiger partial charge on any atom is 0.129 e. The van der Waals surface area contributed by atoms with Crippen molar-refractivity contribution in [3.8, 4) is 0 Å². The fourth-order valence-corrected chi connectivity index (χ4v) is 2.12. The van der Waals surface area contributed by atoms with E-state index >= 15 is 0 Å². The molecule has 0 aromatic heterocycles. The van der Waals surface area contributed by atoms with Gasteiger partial charge in [-0.3, -0.25) is 0 Å². The van der Waals surface area contributed by atoms with E-state index in [1.54, 1.807) is 6.07 Å². The Kier molecular flexibility index (Phi) is 5.14. The third kappa shape index (κ3) is 3.53. The van der Waals surface area contributed by atoms with Crippen molar-refractivity contribution in [3.63, 3.8) is 0 Å². The molecule has 1 atom stereocenters. The lowest BCUT2D eigenvalue weighted by Crippen LogP contribution is -2.30. The molecule has 0 spiro atoms. The maximum absolute atomic E-state index is 13.8. The van der Waals surface area contributed by atoms with E-state index in [1.807, 2.05) is 12.1 Å². The number of nitrogens with one attached hydrogen (secondary N) is 1. The zero-order valence-corrected chi connectivity index (χ0v) is 11.0. The van der Waals surface area contributed by atoms with Gasteiger partial charge >= 0.3 is 0 Å². The summed E-state index contributed by atoms with van der Waals surface area (Å²) in [6.45, 7) is 3.75. The maximum atomic E-state index is 13.8. The standard InChI is InChI=1S/C15H22FNO/c1-2-10-17-11-15(18-12-6-5-7-12)13-8-3-4-9-14(13)16/h3-4,8-9,12,15,17H,2,5-7,10-11H2,1H3. The van der Waals surface area contributed by atoms with Crippen molar-refractivity contribution in [2.24, 2.45) is 0 Å². The Labute approximate surface area is 109 Å². The average Bonchev–Trinajstić information content (AvgIpc) is 2.32. The molecule has 0 bridgehead atoms. The Morgan fingerprint density at radius 2 is 2.17 bits per heavy atom. The van der Waals surface area contributed by atoms with Crippen LogP contribution < -0.4 is 5.32 Å². The van der Waals surface area contributed by atoms with Gasteiger partial charge in [-0.25, -0.2) is 4.39 Å². The molecule has 1 saturated carbocycles. The van der Waals surface area contributed by atoms with Crippen LogP contribution in [0.3, 0.4) is 0 Å². The molecule has 1 aliphatic carbocycles. The Bertz CT molecular complexity index is 365. The minimum atomic E-state index is -0.167. The smallest absolute Gasteiger partial charge is 0.129 e. The molecule has 0 radical (unpaired) electrons. The van der Waals surface area contributed by atoms with Gasteiger partial charge in [-0.05, 0) is 38.3 Å². The fraction of sp³-hybridized carbons (Fsp3) is 0.600. The summed E-state index contributed by atoms with van der Waals surface area (Å²) in [5.41, 5.74) is 0.674. The summed E-state index contributed by atoms with van der Waals surface area (Å²) in [5, 5.41) is 3.32. The summed E-state index contributed by atoms with van der Waals surface area (Å²) >= 11 is 0. The monoisotopic (exact) mass is 251 g/mol. The van der Waals surface area contributed by atoms with Crippen molar-refractivity contribution in [1.29, 1.82) is 0 Å². The van der Waals surface area contributed by atoms with Crippen LogP contribution in [0.5, 0.6) is 0 Å². The van der Waals surface area contributed by atoms with Crippen molar-refractivity contribution in [1.82, 2.24) is 5.32 Å². The molecule has 1 aromatic rings. The topological polar surface area (TPSA) is 21.3 Å². The van der Waals surface area contributed by atoms with Gasteiger partial charge in [0.15, 0.2) is 0 Å². The Morgan fingerprint density at radius 1 is 1.39 bits per heavy atom. The summed E-state index contributed by atoms with van der Waals surface area (Å²) in [7, 11) is 0. The minimum absolute atomic E-state index is 0.164. The Balaban J connectivity index is 2.00. The molecule has 2 nitrogen and oxygen atoms in total. The minimum Gasteiger partial charge on any atom is -0.369 e. The van der Waals surface area contributed by atoms with Crippen LogP contribution in [0, 0.1) is 5.82 Å². The lowest BCUT2D eigenvalue weighted by molar-refractivity contribution is -0.0531. The van der Waals surface area contributed by atoms with E-state index in [0.717, 1.165) is 25.8 Å². The quantitative estimate of drug-likeness (QED) is 0.750. The second kappa shape index (κ2) is 6.86. The molecule has 0 saturated heterocycles. The molecule has 1 fully saturated rings. The van der Waals surface area contributed by atoms with Crippen molar-refractivity contribution in [2.75, 3.05) is 13.1 Å². The van der Waals surface area contributed by atoms with Gasteiger partial charge in [0.25, 0.3) is 0 Å². The molecule has 1 N–H and O–H groups in total. The van der Waals surface area contributed by atoms with Gasteiger partial charge in [0, 0.05) is 12.1 Å². The first-order valence-corrected chi connectivity index (χ1v) is 6.92. The van der Waals surface area contributed by atoms with Crippen LogP contribution >= 0.6 is 0 Å². The predicted octanol–water partition coefficient (Wildman–Crippen LogP) is 3.44. The summed E-state index contributed by atoms with van der Waals surface area (Å²) < 4.78 is 19.8. The molecule has 1 unspecified atom stereocenters. The van der Waals surface area contributed by atoms with Crippen LogP contribution in [-0.4, -0.2) is 19.2 Å². The molecular weight excluding hydrogens is 229 g/mol. The first-order valence-electron chi connectivity index (χ1n) is 6.92. The zero-order valence-electron chi connectivity index (χ0n) is 11.0. The van der Waals surface area contributed by atoms with Crippen LogP contribution in [-0.2, 0) is 4.74 Å². The van der Waals surface area contributed by atoms with Crippen LogP contribution in [0.4, 0.5) is 4.39 Å². The highest BCUT2D eigenvalue weighted by atomic mass is 19.1. The highest BCUT2D eigenvalue weighted by Gasteiger charge is 2.24. The van der Waals surface area contributed by atoms with Gasteiger partial charge in [0.2, 0.25) is 0 Å². The van der Waals surface area contributed by atoms with Crippen molar-refractivity contribution >= 4 is 0 Å². The molecule has 0 amide bonds. The summed E-state index contributed by atoms with van der Waals surface area (Å²) in [6, 6.07) is 6.92. The van der Waals surface area contributed by atoms with Crippen LogP contribution in [0.15, 0.2) is 24.3 Å². The van der Waals surface area contributed by atoms with Gasteiger partial charge in [-0.2, -0.15) is 0 Å². The molecule has 0 heterocycles. The van der Waals surface area contributed by atoms with Gasteiger partial charge in [-0.1, -0.05) is 25.1 Å². The zero-order chi connectivity index (χ0) is 12.8. The molecule has 0 aliphatic heterocycles. The first kappa shape index (κ1) is 13.5. The van der Waals surface area contributed by atoms with Crippen LogP contribution in [0.2, 0.25) is 0 Å². The number of hydrogen-bond donors (Lipinski definition) is 1. The van der Waals surface area contributed by atoms with E-state index in [1.165, 1.54) is 12.5 Å². The summed E-state index contributed by atoms with van der Waals surface area (Å²) in [4.78, 5) is 0. The SMILES string of the molecule is CCCNCC(OC1CCC1)c1ccccc1F. The largest absolute Gasteiger partial charge is 0.369 e. The molecule has 3 heteroatoms. The number of rotatable bonds is 7. The Hall–Kier alpha value is -0.930. The Morgan fingerprint density at radius 3 is 2.78 bits per heavy atom. The van der Waals surface area contributed by atoms with Crippen molar-refractivity contribution in [2.45, 2.75) is 44.8 Å². The molecule has 100 valence electrons. The van der Waals surface area contributed by atoms with Crippen molar-refractivity contribution in [3.05, 3.63) is 35.6 Å².